The highest BCUT2D eigenvalue weighted by atomic mass is 35.5. The third-order valence-electron chi connectivity index (χ3n) is 6.87. The van der Waals surface area contributed by atoms with E-state index in [0.717, 1.165) is 44.1 Å². The number of carbonyl (C=O) groups excluding carboxylic acids is 1. The fourth-order valence-electron chi connectivity index (χ4n) is 5.04. The molecule has 0 bridgehead atoms. The number of ether oxygens (including phenoxy) is 1. The van der Waals surface area contributed by atoms with Crippen LogP contribution in [0, 0.1) is 5.41 Å². The largest absolute Gasteiger partial charge is 0.462 e. The monoisotopic (exact) mass is 556 g/mol. The lowest BCUT2D eigenvalue weighted by atomic mass is 9.93. The van der Waals surface area contributed by atoms with Crippen molar-refractivity contribution in [3.8, 4) is 11.1 Å². The highest BCUT2D eigenvalue weighted by Crippen LogP contribution is 2.38. The van der Waals surface area contributed by atoms with Crippen LogP contribution in [0.2, 0.25) is 5.02 Å². The Morgan fingerprint density at radius 1 is 1.10 bits per heavy atom. The lowest BCUT2D eigenvalue weighted by Gasteiger charge is -2.13. The van der Waals surface area contributed by atoms with E-state index in [-0.39, 0.29) is 25.1 Å². The van der Waals surface area contributed by atoms with E-state index in [1.165, 1.54) is 4.68 Å². The van der Waals surface area contributed by atoms with Gasteiger partial charge in [-0.2, -0.15) is 5.10 Å². The van der Waals surface area contributed by atoms with E-state index < -0.39 is 5.97 Å². The first-order chi connectivity index (χ1) is 19.2. The number of nitrogens with two attached hydrogens (primary N) is 3. The molecule has 0 unspecified atom stereocenters. The molecule has 5 aromatic rings. The quantitative estimate of drug-likeness (QED) is 0.134. The lowest BCUT2D eigenvalue weighted by molar-refractivity contribution is 0.0527. The van der Waals surface area contributed by atoms with Crippen molar-refractivity contribution in [2.24, 2.45) is 29.2 Å². The zero-order valence-corrected chi connectivity index (χ0v) is 22.9. The fourth-order valence-corrected chi connectivity index (χ4v) is 5.31. The number of halogens is 1. The maximum Gasteiger partial charge on any atom is 0.340 e. The van der Waals surface area contributed by atoms with Gasteiger partial charge in [0.05, 0.1) is 30.1 Å². The Balaban J connectivity index is 1.65. The Kier molecular flexibility index (Phi) is 7.19. The number of esters is 1. The smallest absolute Gasteiger partial charge is 0.340 e. The van der Waals surface area contributed by atoms with Crippen molar-refractivity contribution in [3.63, 3.8) is 0 Å². The van der Waals surface area contributed by atoms with Crippen molar-refractivity contribution in [2.75, 3.05) is 6.61 Å². The first-order valence-corrected chi connectivity index (χ1v) is 13.0. The van der Waals surface area contributed by atoms with Crippen molar-refractivity contribution in [1.82, 2.24) is 14.3 Å². The second kappa shape index (κ2) is 10.7. The average molecular weight is 557 g/mol. The number of nitrogens with zero attached hydrogens (tertiary/aromatic N) is 4. The van der Waals surface area contributed by atoms with Crippen LogP contribution in [0.15, 0.2) is 65.8 Å². The van der Waals surface area contributed by atoms with Gasteiger partial charge in [-0.1, -0.05) is 48.0 Å². The molecule has 0 spiro atoms. The highest BCUT2D eigenvalue weighted by Gasteiger charge is 2.23. The van der Waals surface area contributed by atoms with Crippen LogP contribution in [-0.4, -0.2) is 38.8 Å². The number of aryl methyl sites for hydroxylation is 1. The average Bonchev–Trinajstić information content (AvgIpc) is 3.51. The minimum absolute atomic E-state index is 0.0602. The van der Waals surface area contributed by atoms with Crippen LogP contribution in [0.5, 0.6) is 0 Å². The van der Waals surface area contributed by atoms with E-state index in [9.17, 15) is 4.79 Å². The molecular formula is C29H29ClN8O2. The molecule has 0 amide bonds. The summed E-state index contributed by atoms with van der Waals surface area (Å²) in [5, 5.41) is 15.3. The Bertz CT molecular complexity index is 1810. The molecule has 0 saturated carbocycles. The molecule has 7 N–H and O–H groups in total. The molecule has 11 heteroatoms. The predicted molar refractivity (Wildman–Crippen MR) is 159 cm³/mol. The molecule has 3 aromatic carbocycles. The number of carbonyl (C=O) groups is 1. The van der Waals surface area contributed by atoms with Crippen LogP contribution < -0.4 is 17.2 Å². The Labute approximate surface area is 235 Å². The molecule has 2 heterocycles. The number of fused-ring (bicyclic) bond motifs is 2. The van der Waals surface area contributed by atoms with Gasteiger partial charge in [-0.25, -0.2) is 14.5 Å². The van der Waals surface area contributed by atoms with E-state index >= 15 is 0 Å². The minimum Gasteiger partial charge on any atom is -0.462 e. The summed E-state index contributed by atoms with van der Waals surface area (Å²) in [7, 11) is 1.88. The van der Waals surface area contributed by atoms with Crippen LogP contribution in [0.4, 0.5) is 0 Å². The normalized spacial score (nSPS) is 11.2. The van der Waals surface area contributed by atoms with E-state index in [1.807, 2.05) is 66.2 Å². The SMILES string of the molecule is CCOC(=O)c1c(CN=C(N)N)n(C)c2cc(-c3cccc4c(Cc5ccn(C(=N)N)n5)ccc(Cl)c34)ccc12. The highest BCUT2D eigenvalue weighted by molar-refractivity contribution is 6.37. The first-order valence-electron chi connectivity index (χ1n) is 12.6. The molecule has 10 nitrogen and oxygen atoms in total. The van der Waals surface area contributed by atoms with Gasteiger partial charge in [0.1, 0.15) is 0 Å². The van der Waals surface area contributed by atoms with Gasteiger partial charge >= 0.3 is 5.97 Å². The molecule has 0 saturated heterocycles. The number of hydrogen-bond donors (Lipinski definition) is 4. The number of nitrogens with one attached hydrogen (secondary N) is 1. The maximum absolute atomic E-state index is 12.9. The van der Waals surface area contributed by atoms with Gasteiger partial charge in [0.15, 0.2) is 5.96 Å². The van der Waals surface area contributed by atoms with Gasteiger partial charge in [-0.05, 0) is 47.2 Å². The summed E-state index contributed by atoms with van der Waals surface area (Å²) in [6, 6.07) is 17.7. The van der Waals surface area contributed by atoms with Crippen molar-refractivity contribution in [3.05, 3.63) is 88.3 Å². The molecule has 0 aliphatic carbocycles. The standard InChI is InChI=1S/C29H29ClN8O2/c1-3-40-27(39)26-21-9-7-17(14-23(21)37(2)24(26)15-35-28(31)32)20-6-4-5-19-16(8-10-22(30)25(19)20)13-18-11-12-38(36-18)29(33)34/h4-12,14H,3,13,15H2,1-2H3,(H3,33,34)(H4,31,32,35). The van der Waals surface area contributed by atoms with E-state index in [0.29, 0.717) is 22.7 Å². The number of nitrogen functional groups attached to an aromatic ring is 1. The summed E-state index contributed by atoms with van der Waals surface area (Å²) in [5.74, 6) is -0.625. The second-order valence-electron chi connectivity index (χ2n) is 9.32. The summed E-state index contributed by atoms with van der Waals surface area (Å²) < 4.78 is 8.61. The summed E-state index contributed by atoms with van der Waals surface area (Å²) in [6.45, 7) is 2.16. The van der Waals surface area contributed by atoms with Crippen molar-refractivity contribution in [1.29, 1.82) is 5.41 Å². The summed E-state index contributed by atoms with van der Waals surface area (Å²) in [5.41, 5.74) is 22.4. The summed E-state index contributed by atoms with van der Waals surface area (Å²) >= 11 is 6.79. The molecule has 0 atom stereocenters. The molecule has 0 radical (unpaired) electrons. The molecular weight excluding hydrogens is 528 g/mol. The van der Waals surface area contributed by atoms with Gasteiger partial charge in [-0.15, -0.1) is 0 Å². The number of guanidine groups is 1. The third kappa shape index (κ3) is 4.85. The fraction of sp³-hybridized carbons (Fsp3) is 0.172. The van der Waals surface area contributed by atoms with E-state index in [2.05, 4.69) is 10.1 Å². The van der Waals surface area contributed by atoms with Crippen LogP contribution in [0.25, 0.3) is 32.8 Å². The number of benzene rings is 3. The van der Waals surface area contributed by atoms with Gasteiger partial charge in [0.25, 0.3) is 0 Å². The molecule has 204 valence electrons. The lowest BCUT2D eigenvalue weighted by Crippen LogP contribution is -2.23. The first kappa shape index (κ1) is 26.8. The van der Waals surface area contributed by atoms with E-state index in [1.54, 1.807) is 13.1 Å². The Morgan fingerprint density at radius 3 is 2.60 bits per heavy atom. The Hall–Kier alpha value is -4.83. The van der Waals surface area contributed by atoms with Crippen molar-refractivity contribution >= 4 is 51.2 Å². The van der Waals surface area contributed by atoms with Crippen LogP contribution in [0.3, 0.4) is 0 Å². The van der Waals surface area contributed by atoms with Gasteiger partial charge in [0.2, 0.25) is 5.96 Å². The number of aliphatic imine (C=N–C) groups is 1. The van der Waals surface area contributed by atoms with Crippen molar-refractivity contribution in [2.45, 2.75) is 19.9 Å². The molecule has 2 aromatic heterocycles. The predicted octanol–water partition coefficient (Wildman–Crippen LogP) is 4.13. The maximum atomic E-state index is 12.9. The van der Waals surface area contributed by atoms with Crippen LogP contribution in [0.1, 0.15) is 34.2 Å². The van der Waals surface area contributed by atoms with Gasteiger partial charge < -0.3 is 26.5 Å². The van der Waals surface area contributed by atoms with E-state index in [4.69, 9.17) is 38.9 Å². The number of rotatable bonds is 7. The number of hydrogen-bond acceptors (Lipinski definition) is 5. The minimum atomic E-state index is -0.424. The zero-order valence-electron chi connectivity index (χ0n) is 22.1. The summed E-state index contributed by atoms with van der Waals surface area (Å²) in [4.78, 5) is 17.1. The van der Waals surface area contributed by atoms with Crippen LogP contribution >= 0.6 is 11.6 Å². The second-order valence-corrected chi connectivity index (χ2v) is 9.73. The van der Waals surface area contributed by atoms with Crippen LogP contribution in [-0.2, 0) is 24.8 Å². The molecule has 0 fully saturated rings. The van der Waals surface area contributed by atoms with Gasteiger partial charge in [-0.3, -0.25) is 5.41 Å². The van der Waals surface area contributed by atoms with Gasteiger partial charge in [0, 0.05) is 41.0 Å². The Morgan fingerprint density at radius 2 is 1.90 bits per heavy atom. The number of aromatic nitrogens is 3. The topological polar surface area (TPSA) is 163 Å². The third-order valence-corrected chi connectivity index (χ3v) is 7.18. The zero-order chi connectivity index (χ0) is 28.6. The molecule has 0 aliphatic heterocycles. The molecule has 40 heavy (non-hydrogen) atoms. The molecule has 0 aliphatic rings. The molecule has 5 rings (SSSR count). The summed E-state index contributed by atoms with van der Waals surface area (Å²) in [6.07, 6.45) is 2.22. The van der Waals surface area contributed by atoms with Crippen molar-refractivity contribution < 1.29 is 9.53 Å².